The summed E-state index contributed by atoms with van der Waals surface area (Å²) in [5, 5.41) is 6.97. The number of para-hydroxylation sites is 4. The standard InChI is InChI=1S/C52H33NO2/c1-2-13-40-35(11-1)12-9-17-41(40)36-25-30-39(31-26-36)53(38-28-23-34(24-29-38)37-27-32-51-47(33-37)44-16-5-7-21-49(44)54-51)48-20-6-3-14-42(48)45-18-10-19-46-43-15-4-8-22-50(43)55-52(45)46/h1-33H. The van der Waals surface area contributed by atoms with Gasteiger partial charge in [-0.2, -0.15) is 0 Å². The first-order valence-electron chi connectivity index (χ1n) is 18.7. The molecule has 0 spiro atoms. The third-order valence-electron chi connectivity index (χ3n) is 10.9. The molecular formula is C52H33NO2. The summed E-state index contributed by atoms with van der Waals surface area (Å²) < 4.78 is 12.7. The van der Waals surface area contributed by atoms with Gasteiger partial charge < -0.3 is 13.7 Å². The molecule has 0 unspecified atom stereocenters. The summed E-state index contributed by atoms with van der Waals surface area (Å²) in [4.78, 5) is 2.36. The van der Waals surface area contributed by atoms with Crippen LogP contribution in [-0.2, 0) is 0 Å². The van der Waals surface area contributed by atoms with Gasteiger partial charge in [0.2, 0.25) is 0 Å². The van der Waals surface area contributed by atoms with Crippen LogP contribution in [0.3, 0.4) is 0 Å². The Morgan fingerprint density at radius 1 is 0.309 bits per heavy atom. The van der Waals surface area contributed by atoms with Crippen molar-refractivity contribution >= 4 is 71.7 Å². The zero-order valence-electron chi connectivity index (χ0n) is 29.8. The van der Waals surface area contributed by atoms with Crippen molar-refractivity contribution in [3.63, 3.8) is 0 Å². The highest BCUT2D eigenvalue weighted by atomic mass is 16.3. The van der Waals surface area contributed by atoms with E-state index >= 15 is 0 Å². The van der Waals surface area contributed by atoms with E-state index in [1.54, 1.807) is 0 Å². The highest BCUT2D eigenvalue weighted by Gasteiger charge is 2.21. The van der Waals surface area contributed by atoms with E-state index in [4.69, 9.17) is 8.83 Å². The van der Waals surface area contributed by atoms with Gasteiger partial charge in [-0.1, -0.05) is 146 Å². The molecule has 9 aromatic carbocycles. The molecule has 55 heavy (non-hydrogen) atoms. The average Bonchev–Trinajstić information content (AvgIpc) is 3.83. The monoisotopic (exact) mass is 703 g/mol. The Labute approximate surface area is 317 Å². The highest BCUT2D eigenvalue weighted by Crippen LogP contribution is 2.45. The molecule has 0 aliphatic heterocycles. The minimum absolute atomic E-state index is 0.889. The summed E-state index contributed by atoms with van der Waals surface area (Å²) in [6.07, 6.45) is 0. The van der Waals surface area contributed by atoms with Gasteiger partial charge >= 0.3 is 0 Å². The Hall–Kier alpha value is -7.36. The molecule has 11 aromatic rings. The van der Waals surface area contributed by atoms with Crippen LogP contribution in [0.4, 0.5) is 17.1 Å². The van der Waals surface area contributed by atoms with Crippen molar-refractivity contribution in [1.82, 2.24) is 0 Å². The van der Waals surface area contributed by atoms with Gasteiger partial charge in [-0.25, -0.2) is 0 Å². The first kappa shape index (κ1) is 31.2. The molecule has 3 heteroatoms. The molecule has 0 aliphatic carbocycles. The maximum Gasteiger partial charge on any atom is 0.143 e. The van der Waals surface area contributed by atoms with Gasteiger partial charge in [0.25, 0.3) is 0 Å². The third kappa shape index (κ3) is 5.20. The largest absolute Gasteiger partial charge is 0.456 e. The minimum atomic E-state index is 0.889. The van der Waals surface area contributed by atoms with Crippen molar-refractivity contribution in [3.8, 4) is 33.4 Å². The molecule has 0 saturated carbocycles. The molecule has 0 atom stereocenters. The summed E-state index contributed by atoms with van der Waals surface area (Å²) in [6, 6.07) is 71.0. The Morgan fingerprint density at radius 2 is 0.836 bits per heavy atom. The second-order valence-electron chi connectivity index (χ2n) is 14.1. The van der Waals surface area contributed by atoms with E-state index in [1.165, 1.54) is 21.9 Å². The molecule has 0 saturated heterocycles. The summed E-state index contributed by atoms with van der Waals surface area (Å²) in [5.74, 6) is 0. The number of fused-ring (bicyclic) bond motifs is 7. The highest BCUT2D eigenvalue weighted by molar-refractivity contribution is 6.11. The SMILES string of the molecule is c1ccc(N(c2ccc(-c3ccc4oc5ccccc5c4c3)cc2)c2ccc(-c3cccc4ccccc34)cc2)c(-c2cccc3c2oc2ccccc23)c1. The number of hydrogen-bond donors (Lipinski definition) is 0. The van der Waals surface area contributed by atoms with Crippen molar-refractivity contribution in [3.05, 3.63) is 200 Å². The van der Waals surface area contributed by atoms with Crippen LogP contribution in [0.1, 0.15) is 0 Å². The Balaban J connectivity index is 1.06. The summed E-state index contributed by atoms with van der Waals surface area (Å²) in [7, 11) is 0. The molecule has 0 aliphatic rings. The Bertz CT molecular complexity index is 3200. The van der Waals surface area contributed by atoms with E-state index in [-0.39, 0.29) is 0 Å². The van der Waals surface area contributed by atoms with Crippen LogP contribution >= 0.6 is 0 Å². The van der Waals surface area contributed by atoms with E-state index in [0.717, 1.165) is 83.2 Å². The Kier molecular flexibility index (Phi) is 7.17. The fourth-order valence-electron chi connectivity index (χ4n) is 8.26. The van der Waals surface area contributed by atoms with Gasteiger partial charge in [0.1, 0.15) is 22.3 Å². The lowest BCUT2D eigenvalue weighted by Gasteiger charge is -2.28. The molecular weight excluding hydrogens is 671 g/mol. The maximum atomic E-state index is 6.57. The van der Waals surface area contributed by atoms with Gasteiger partial charge in [-0.3, -0.25) is 0 Å². The zero-order chi connectivity index (χ0) is 36.3. The van der Waals surface area contributed by atoms with E-state index in [1.807, 2.05) is 24.3 Å². The van der Waals surface area contributed by atoms with Crippen LogP contribution in [0, 0.1) is 0 Å². The third-order valence-corrected chi connectivity index (χ3v) is 10.9. The summed E-state index contributed by atoms with van der Waals surface area (Å²) >= 11 is 0. The normalized spacial score (nSPS) is 11.6. The van der Waals surface area contributed by atoms with Crippen molar-refractivity contribution in [1.29, 1.82) is 0 Å². The quantitative estimate of drug-likeness (QED) is 0.173. The fourth-order valence-corrected chi connectivity index (χ4v) is 8.26. The van der Waals surface area contributed by atoms with Crippen LogP contribution in [-0.4, -0.2) is 0 Å². The first-order chi connectivity index (χ1) is 27.3. The van der Waals surface area contributed by atoms with Crippen LogP contribution in [0.15, 0.2) is 209 Å². The molecule has 2 heterocycles. The molecule has 258 valence electrons. The second-order valence-corrected chi connectivity index (χ2v) is 14.1. The number of nitrogens with zero attached hydrogens (tertiary/aromatic N) is 1. The predicted molar refractivity (Wildman–Crippen MR) is 229 cm³/mol. The van der Waals surface area contributed by atoms with E-state index < -0.39 is 0 Å². The summed E-state index contributed by atoms with van der Waals surface area (Å²) in [6.45, 7) is 0. The first-order valence-corrected chi connectivity index (χ1v) is 18.7. The molecule has 0 amide bonds. The van der Waals surface area contributed by atoms with Crippen molar-refractivity contribution in [2.75, 3.05) is 4.90 Å². The molecule has 0 N–H and O–H groups in total. The molecule has 11 rings (SSSR count). The van der Waals surface area contributed by atoms with Crippen molar-refractivity contribution in [2.45, 2.75) is 0 Å². The number of anilines is 3. The van der Waals surface area contributed by atoms with Crippen LogP contribution in [0.2, 0.25) is 0 Å². The van der Waals surface area contributed by atoms with Gasteiger partial charge in [-0.15, -0.1) is 0 Å². The van der Waals surface area contributed by atoms with Gasteiger partial charge in [0, 0.05) is 44.0 Å². The smallest absolute Gasteiger partial charge is 0.143 e. The van der Waals surface area contributed by atoms with Crippen molar-refractivity contribution < 1.29 is 8.83 Å². The lowest BCUT2D eigenvalue weighted by atomic mass is 9.97. The van der Waals surface area contributed by atoms with Crippen molar-refractivity contribution in [2.24, 2.45) is 0 Å². The molecule has 3 nitrogen and oxygen atoms in total. The summed E-state index contributed by atoms with van der Waals surface area (Å²) in [5.41, 5.74) is 13.6. The maximum absolute atomic E-state index is 6.57. The number of benzene rings is 9. The number of furan rings is 2. The van der Waals surface area contributed by atoms with E-state index in [0.29, 0.717) is 0 Å². The average molecular weight is 704 g/mol. The fraction of sp³-hybridized carbons (Fsp3) is 0. The van der Waals surface area contributed by atoms with Crippen LogP contribution in [0.5, 0.6) is 0 Å². The van der Waals surface area contributed by atoms with Crippen LogP contribution < -0.4 is 4.90 Å². The predicted octanol–water partition coefficient (Wildman–Crippen LogP) is 15.1. The molecule has 2 aromatic heterocycles. The van der Waals surface area contributed by atoms with Gasteiger partial charge in [-0.05, 0) is 87.6 Å². The lowest BCUT2D eigenvalue weighted by Crippen LogP contribution is -2.11. The van der Waals surface area contributed by atoms with E-state index in [9.17, 15) is 0 Å². The number of rotatable bonds is 6. The minimum Gasteiger partial charge on any atom is -0.456 e. The second kappa shape index (κ2) is 12.6. The van der Waals surface area contributed by atoms with Crippen LogP contribution in [0.25, 0.3) is 88.0 Å². The van der Waals surface area contributed by atoms with E-state index in [2.05, 4.69) is 181 Å². The molecule has 0 fully saturated rings. The van der Waals surface area contributed by atoms with Gasteiger partial charge in [0.15, 0.2) is 0 Å². The van der Waals surface area contributed by atoms with Gasteiger partial charge in [0.05, 0.1) is 5.69 Å². The zero-order valence-corrected chi connectivity index (χ0v) is 29.8. The molecule has 0 radical (unpaired) electrons. The Morgan fingerprint density at radius 3 is 1.64 bits per heavy atom. The molecule has 0 bridgehead atoms. The lowest BCUT2D eigenvalue weighted by molar-refractivity contribution is 0.669. The topological polar surface area (TPSA) is 29.5 Å². The number of hydrogen-bond acceptors (Lipinski definition) is 3.